The zero-order valence-electron chi connectivity index (χ0n) is 12.1. The molecule has 1 amide bonds. The molecular weight excluding hydrogens is 274 g/mol. The van der Waals surface area contributed by atoms with Crippen LogP contribution in [-0.2, 0) is 16.0 Å². The summed E-state index contributed by atoms with van der Waals surface area (Å²) in [6, 6.07) is 7.16. The van der Waals surface area contributed by atoms with E-state index in [9.17, 15) is 9.59 Å². The molecule has 0 atom stereocenters. The highest BCUT2D eigenvalue weighted by Gasteiger charge is 2.15. The number of nitrogens with zero attached hydrogens (tertiary/aromatic N) is 1. The van der Waals surface area contributed by atoms with E-state index in [0.717, 1.165) is 5.56 Å². The molecule has 0 aromatic heterocycles. The van der Waals surface area contributed by atoms with E-state index in [2.05, 4.69) is 0 Å². The third-order valence-corrected chi connectivity index (χ3v) is 3.05. The third-order valence-electron chi connectivity index (χ3n) is 3.05. The number of ether oxygens (including phenoxy) is 1. The number of aliphatic hydroxyl groups is 1. The molecule has 1 rings (SSSR count). The minimum absolute atomic E-state index is 0.0284. The molecule has 1 aromatic carbocycles. The summed E-state index contributed by atoms with van der Waals surface area (Å²) < 4.78 is 5.05. The second-order valence-electron chi connectivity index (χ2n) is 4.63. The molecule has 0 saturated carbocycles. The van der Waals surface area contributed by atoms with Crippen LogP contribution < -0.4 is 4.74 Å². The van der Waals surface area contributed by atoms with Crippen LogP contribution in [0, 0.1) is 0 Å². The van der Waals surface area contributed by atoms with Gasteiger partial charge < -0.3 is 19.8 Å². The number of carboxylic acid groups (broad SMARTS) is 1. The Labute approximate surface area is 124 Å². The minimum atomic E-state index is -0.943. The van der Waals surface area contributed by atoms with Crippen molar-refractivity contribution < 1.29 is 24.5 Å². The molecule has 116 valence electrons. The molecule has 6 heteroatoms. The number of aliphatic hydroxyl groups excluding tert-OH is 1. The maximum Gasteiger partial charge on any atom is 0.305 e. The lowest BCUT2D eigenvalue weighted by molar-refractivity contribution is -0.138. The van der Waals surface area contributed by atoms with Crippen LogP contribution in [0.15, 0.2) is 24.3 Å². The van der Waals surface area contributed by atoms with Crippen molar-refractivity contribution in [2.45, 2.75) is 19.3 Å². The van der Waals surface area contributed by atoms with Gasteiger partial charge in [-0.05, 0) is 24.1 Å². The number of carboxylic acids is 1. The largest absolute Gasteiger partial charge is 0.497 e. The molecule has 0 radical (unpaired) electrons. The Balaban J connectivity index is 2.62. The van der Waals surface area contributed by atoms with Gasteiger partial charge in [-0.3, -0.25) is 9.59 Å². The van der Waals surface area contributed by atoms with Gasteiger partial charge in [-0.25, -0.2) is 0 Å². The molecule has 0 saturated heterocycles. The predicted molar refractivity (Wildman–Crippen MR) is 77.2 cm³/mol. The Morgan fingerprint density at radius 2 is 1.86 bits per heavy atom. The van der Waals surface area contributed by atoms with Gasteiger partial charge >= 0.3 is 5.97 Å². The lowest BCUT2D eigenvalue weighted by atomic mass is 10.1. The maximum atomic E-state index is 12.2. The van der Waals surface area contributed by atoms with Crippen LogP contribution in [0.4, 0.5) is 0 Å². The van der Waals surface area contributed by atoms with Crippen molar-refractivity contribution in [3.05, 3.63) is 29.8 Å². The summed E-state index contributed by atoms with van der Waals surface area (Å²) in [4.78, 5) is 24.3. The van der Waals surface area contributed by atoms with Crippen LogP contribution in [0.25, 0.3) is 0 Å². The highest BCUT2D eigenvalue weighted by atomic mass is 16.5. The number of rotatable bonds is 9. The van der Waals surface area contributed by atoms with Crippen LogP contribution in [0.1, 0.15) is 18.4 Å². The molecule has 21 heavy (non-hydrogen) atoms. The van der Waals surface area contributed by atoms with Crippen LogP contribution in [-0.4, -0.2) is 53.8 Å². The highest BCUT2D eigenvalue weighted by molar-refractivity contribution is 5.79. The molecule has 0 aliphatic carbocycles. The van der Waals surface area contributed by atoms with Crippen molar-refractivity contribution >= 4 is 11.9 Å². The van der Waals surface area contributed by atoms with Crippen LogP contribution in [0.5, 0.6) is 5.75 Å². The first kappa shape index (κ1) is 17.0. The van der Waals surface area contributed by atoms with Crippen molar-refractivity contribution in [3.63, 3.8) is 0 Å². The third kappa shape index (κ3) is 6.27. The summed E-state index contributed by atoms with van der Waals surface area (Å²) in [5.74, 6) is -0.370. The quantitative estimate of drug-likeness (QED) is 0.707. The second kappa shape index (κ2) is 8.97. The molecule has 0 unspecified atom stereocenters. The highest BCUT2D eigenvalue weighted by Crippen LogP contribution is 2.12. The summed E-state index contributed by atoms with van der Waals surface area (Å²) in [5, 5.41) is 17.6. The molecule has 1 aromatic rings. The minimum Gasteiger partial charge on any atom is -0.497 e. The SMILES string of the molecule is COc1ccc(CC(=O)N(CCCO)CCC(=O)O)cc1. The van der Waals surface area contributed by atoms with Gasteiger partial charge in [0.05, 0.1) is 20.0 Å². The van der Waals surface area contributed by atoms with E-state index < -0.39 is 5.97 Å². The van der Waals surface area contributed by atoms with E-state index >= 15 is 0 Å². The standard InChI is InChI=1S/C15H21NO5/c1-21-13-5-3-12(4-6-13)11-14(18)16(8-2-10-17)9-7-15(19)20/h3-6,17H,2,7-11H2,1H3,(H,19,20). The number of aliphatic carboxylic acids is 1. The summed E-state index contributed by atoms with van der Waals surface area (Å²) in [5.41, 5.74) is 0.838. The van der Waals surface area contributed by atoms with Crippen LogP contribution in [0.2, 0.25) is 0 Å². The van der Waals surface area contributed by atoms with Crippen molar-refractivity contribution in [2.75, 3.05) is 26.8 Å². The smallest absolute Gasteiger partial charge is 0.305 e. The molecule has 0 spiro atoms. The summed E-state index contributed by atoms with van der Waals surface area (Å²) in [7, 11) is 1.57. The topological polar surface area (TPSA) is 87.1 Å². The van der Waals surface area contributed by atoms with Gasteiger partial charge in [0.1, 0.15) is 5.75 Å². The Bertz CT molecular complexity index is 458. The molecular formula is C15H21NO5. The van der Waals surface area contributed by atoms with E-state index in [1.807, 2.05) is 0 Å². The fourth-order valence-electron chi connectivity index (χ4n) is 1.88. The molecule has 6 nitrogen and oxygen atoms in total. The maximum absolute atomic E-state index is 12.2. The number of carbonyl (C=O) groups is 2. The van der Waals surface area contributed by atoms with Crippen molar-refractivity contribution in [3.8, 4) is 5.75 Å². The lowest BCUT2D eigenvalue weighted by Crippen LogP contribution is -2.35. The fourth-order valence-corrected chi connectivity index (χ4v) is 1.88. The first-order chi connectivity index (χ1) is 10.1. The van der Waals surface area contributed by atoms with E-state index in [1.54, 1.807) is 31.4 Å². The van der Waals surface area contributed by atoms with Gasteiger partial charge in [-0.2, -0.15) is 0 Å². The average molecular weight is 295 g/mol. The summed E-state index contributed by atoms with van der Waals surface area (Å²) in [6.07, 6.45) is 0.544. The molecule has 0 heterocycles. The van der Waals surface area contributed by atoms with Crippen molar-refractivity contribution in [1.82, 2.24) is 4.90 Å². The zero-order valence-corrected chi connectivity index (χ0v) is 12.1. The number of amides is 1. The van der Waals surface area contributed by atoms with E-state index in [1.165, 1.54) is 4.90 Å². The van der Waals surface area contributed by atoms with Gasteiger partial charge in [0, 0.05) is 19.7 Å². The van der Waals surface area contributed by atoms with Crippen molar-refractivity contribution in [2.24, 2.45) is 0 Å². The van der Waals surface area contributed by atoms with Gasteiger partial charge in [-0.15, -0.1) is 0 Å². The molecule has 2 N–H and O–H groups in total. The normalized spacial score (nSPS) is 10.2. The van der Waals surface area contributed by atoms with Gasteiger partial charge in [0.25, 0.3) is 0 Å². The molecule has 0 aliphatic rings. The Kier molecular flexibility index (Phi) is 7.25. The number of benzene rings is 1. The first-order valence-electron chi connectivity index (χ1n) is 6.80. The number of hydrogen-bond acceptors (Lipinski definition) is 4. The molecule has 0 aliphatic heterocycles. The summed E-state index contributed by atoms with van der Waals surface area (Å²) in [6.45, 7) is 0.489. The van der Waals surface area contributed by atoms with E-state index in [-0.39, 0.29) is 31.9 Å². The first-order valence-corrected chi connectivity index (χ1v) is 6.80. The van der Waals surface area contributed by atoms with Gasteiger partial charge in [-0.1, -0.05) is 12.1 Å². The lowest BCUT2D eigenvalue weighted by Gasteiger charge is -2.21. The monoisotopic (exact) mass is 295 g/mol. The van der Waals surface area contributed by atoms with E-state index in [4.69, 9.17) is 14.9 Å². The molecule has 0 bridgehead atoms. The Hall–Kier alpha value is -2.08. The van der Waals surface area contributed by atoms with Crippen LogP contribution in [0.3, 0.4) is 0 Å². The molecule has 0 fully saturated rings. The zero-order chi connectivity index (χ0) is 15.7. The Morgan fingerprint density at radius 1 is 1.19 bits per heavy atom. The average Bonchev–Trinajstić information content (AvgIpc) is 2.47. The van der Waals surface area contributed by atoms with Gasteiger partial charge in [0.2, 0.25) is 5.91 Å². The second-order valence-corrected chi connectivity index (χ2v) is 4.63. The predicted octanol–water partition coefficient (Wildman–Crippen LogP) is 0.923. The Morgan fingerprint density at radius 3 is 2.38 bits per heavy atom. The van der Waals surface area contributed by atoms with Crippen LogP contribution >= 0.6 is 0 Å². The number of hydrogen-bond donors (Lipinski definition) is 2. The van der Waals surface area contributed by atoms with Gasteiger partial charge in [0.15, 0.2) is 0 Å². The van der Waals surface area contributed by atoms with E-state index in [0.29, 0.717) is 18.7 Å². The number of methoxy groups -OCH3 is 1. The van der Waals surface area contributed by atoms with Crippen molar-refractivity contribution in [1.29, 1.82) is 0 Å². The number of carbonyl (C=O) groups excluding carboxylic acids is 1. The fraction of sp³-hybridized carbons (Fsp3) is 0.467. The summed E-state index contributed by atoms with van der Waals surface area (Å²) >= 11 is 0.